The maximum Gasteiger partial charge on any atom is 0.230 e. The normalized spacial score (nSPS) is 16.0. The van der Waals surface area contributed by atoms with Gasteiger partial charge in [-0.05, 0) is 24.6 Å². The van der Waals surface area contributed by atoms with Gasteiger partial charge in [-0.3, -0.25) is 9.79 Å². The van der Waals surface area contributed by atoms with Gasteiger partial charge in [-0.2, -0.15) is 0 Å². The van der Waals surface area contributed by atoms with E-state index in [1.54, 1.807) is 11.8 Å². The molecule has 0 radical (unpaired) electrons. The minimum Gasteiger partial charge on any atom is -0.349 e. The van der Waals surface area contributed by atoms with Gasteiger partial charge in [-0.25, -0.2) is 0 Å². The Morgan fingerprint density at radius 1 is 1.63 bits per heavy atom. The lowest BCUT2D eigenvalue weighted by Crippen LogP contribution is -2.28. The lowest BCUT2D eigenvalue weighted by molar-refractivity contribution is -0.119. The highest BCUT2D eigenvalue weighted by atomic mass is 35.5. The first-order valence-corrected chi connectivity index (χ1v) is 8.35. The topological polar surface area (TPSA) is 41.5 Å². The summed E-state index contributed by atoms with van der Waals surface area (Å²) in [6.45, 7) is 2.82. The molecule has 1 aromatic carbocycles. The molecule has 2 rings (SSSR count). The summed E-state index contributed by atoms with van der Waals surface area (Å²) in [5.74, 6) is 1.47. The number of carbonyl (C=O) groups excluding carboxylic acids is 1. The number of nitrogens with one attached hydrogen (secondary N) is 1. The third kappa shape index (κ3) is 4.75. The Balaban J connectivity index is 1.81. The summed E-state index contributed by atoms with van der Waals surface area (Å²) in [6, 6.07) is 7.51. The summed E-state index contributed by atoms with van der Waals surface area (Å²) in [6.07, 6.45) is 0. The molecule has 0 saturated heterocycles. The molecule has 1 aliphatic rings. The summed E-state index contributed by atoms with van der Waals surface area (Å²) in [7, 11) is 0. The van der Waals surface area contributed by atoms with Gasteiger partial charge in [0.2, 0.25) is 5.91 Å². The Hall–Kier alpha value is -0.650. The predicted molar refractivity (Wildman–Crippen MR) is 85.2 cm³/mol. The highest BCUT2D eigenvalue weighted by Crippen LogP contribution is 2.22. The standard InChI is InChI=1S/C13H15ClN2OS2/c1-9(10-3-2-4-11(14)7-10)16-12(17)8-19-13-15-5-6-18-13/h2-4,7,9H,5-6,8H2,1H3,(H,16,17)/t9-/m0/s1. The fourth-order valence-corrected chi connectivity index (χ4v) is 3.69. The van der Waals surface area contributed by atoms with E-state index in [4.69, 9.17) is 11.6 Å². The van der Waals surface area contributed by atoms with Crippen LogP contribution < -0.4 is 5.32 Å². The van der Waals surface area contributed by atoms with Crippen molar-refractivity contribution >= 4 is 45.4 Å². The van der Waals surface area contributed by atoms with Crippen LogP contribution in [-0.4, -0.2) is 28.3 Å². The fraction of sp³-hybridized carbons (Fsp3) is 0.385. The van der Waals surface area contributed by atoms with Crippen LogP contribution in [0.25, 0.3) is 0 Å². The van der Waals surface area contributed by atoms with E-state index in [1.165, 1.54) is 11.8 Å². The first-order chi connectivity index (χ1) is 9.15. The molecule has 1 atom stereocenters. The monoisotopic (exact) mass is 314 g/mol. The molecule has 1 aromatic rings. The van der Waals surface area contributed by atoms with Crippen molar-refractivity contribution in [2.75, 3.05) is 18.1 Å². The molecule has 1 N–H and O–H groups in total. The Morgan fingerprint density at radius 3 is 3.16 bits per heavy atom. The lowest BCUT2D eigenvalue weighted by atomic mass is 10.1. The zero-order valence-electron chi connectivity index (χ0n) is 10.6. The van der Waals surface area contributed by atoms with E-state index >= 15 is 0 Å². The molecule has 0 spiro atoms. The van der Waals surface area contributed by atoms with Crippen molar-refractivity contribution in [3.05, 3.63) is 34.9 Å². The maximum atomic E-state index is 11.8. The summed E-state index contributed by atoms with van der Waals surface area (Å²) in [4.78, 5) is 16.1. The molecule has 0 fully saturated rings. The second-order valence-corrected chi connectivity index (χ2v) is 6.87. The van der Waals surface area contributed by atoms with E-state index in [2.05, 4.69) is 10.3 Å². The van der Waals surface area contributed by atoms with Crippen molar-refractivity contribution in [2.24, 2.45) is 4.99 Å². The summed E-state index contributed by atoms with van der Waals surface area (Å²) in [5.41, 5.74) is 1.01. The minimum absolute atomic E-state index is 0.0210. The molecule has 19 heavy (non-hydrogen) atoms. The van der Waals surface area contributed by atoms with Gasteiger partial charge in [0.1, 0.15) is 4.38 Å². The largest absolute Gasteiger partial charge is 0.349 e. The van der Waals surface area contributed by atoms with Crippen LogP contribution in [0.2, 0.25) is 5.02 Å². The maximum absolute atomic E-state index is 11.8. The van der Waals surface area contributed by atoms with Gasteiger partial charge in [0.25, 0.3) is 0 Å². The highest BCUT2D eigenvalue weighted by molar-refractivity contribution is 8.39. The summed E-state index contributed by atoms with van der Waals surface area (Å²) in [5, 5.41) is 3.65. The molecule has 1 aliphatic heterocycles. The smallest absolute Gasteiger partial charge is 0.230 e. The Morgan fingerprint density at radius 2 is 2.47 bits per heavy atom. The molecule has 0 aliphatic carbocycles. The van der Waals surface area contributed by atoms with E-state index in [9.17, 15) is 4.79 Å². The molecule has 6 heteroatoms. The van der Waals surface area contributed by atoms with Crippen LogP contribution in [0.15, 0.2) is 29.3 Å². The van der Waals surface area contributed by atoms with Crippen LogP contribution >= 0.6 is 35.1 Å². The Labute approximate surface area is 126 Å². The van der Waals surface area contributed by atoms with Gasteiger partial charge in [-0.1, -0.05) is 47.3 Å². The average Bonchev–Trinajstić information content (AvgIpc) is 2.89. The lowest BCUT2D eigenvalue weighted by Gasteiger charge is -2.14. The van der Waals surface area contributed by atoms with Crippen LogP contribution in [0, 0.1) is 0 Å². The van der Waals surface area contributed by atoms with Gasteiger partial charge in [-0.15, -0.1) is 0 Å². The van der Waals surface area contributed by atoms with E-state index in [-0.39, 0.29) is 11.9 Å². The van der Waals surface area contributed by atoms with Gasteiger partial charge < -0.3 is 5.32 Å². The Kier molecular flexibility index (Phi) is 5.60. The van der Waals surface area contributed by atoms with Gasteiger partial charge in [0.15, 0.2) is 0 Å². The first kappa shape index (κ1) is 14.8. The number of thioether (sulfide) groups is 2. The minimum atomic E-state index is -0.0371. The third-order valence-corrected chi connectivity index (χ3v) is 5.10. The van der Waals surface area contributed by atoms with Crippen molar-refractivity contribution in [2.45, 2.75) is 13.0 Å². The molecule has 0 unspecified atom stereocenters. The summed E-state index contributed by atoms with van der Waals surface area (Å²) >= 11 is 9.16. The van der Waals surface area contributed by atoms with E-state index in [0.29, 0.717) is 10.8 Å². The molecule has 3 nitrogen and oxygen atoms in total. The second kappa shape index (κ2) is 7.22. The van der Waals surface area contributed by atoms with Crippen LogP contribution in [-0.2, 0) is 4.79 Å². The molecule has 102 valence electrons. The van der Waals surface area contributed by atoms with Crippen molar-refractivity contribution in [1.29, 1.82) is 0 Å². The number of hydrogen-bond acceptors (Lipinski definition) is 4. The van der Waals surface area contributed by atoms with Gasteiger partial charge >= 0.3 is 0 Å². The quantitative estimate of drug-likeness (QED) is 0.926. The van der Waals surface area contributed by atoms with Gasteiger partial charge in [0, 0.05) is 10.8 Å². The van der Waals surface area contributed by atoms with Crippen molar-refractivity contribution in [1.82, 2.24) is 5.32 Å². The van der Waals surface area contributed by atoms with Crippen LogP contribution in [0.4, 0.5) is 0 Å². The molecular weight excluding hydrogens is 300 g/mol. The number of hydrogen-bond donors (Lipinski definition) is 1. The molecule has 0 bridgehead atoms. The van der Waals surface area contributed by atoms with Crippen LogP contribution in [0.3, 0.4) is 0 Å². The van der Waals surface area contributed by atoms with Crippen molar-refractivity contribution in [3.63, 3.8) is 0 Å². The zero-order valence-corrected chi connectivity index (χ0v) is 12.9. The number of rotatable bonds is 4. The van der Waals surface area contributed by atoms with Crippen LogP contribution in [0.1, 0.15) is 18.5 Å². The van der Waals surface area contributed by atoms with Gasteiger partial charge in [0.05, 0.1) is 18.3 Å². The average molecular weight is 315 g/mol. The number of aliphatic imine (C=N–C) groups is 1. The van der Waals surface area contributed by atoms with E-state index in [0.717, 1.165) is 22.2 Å². The molecule has 0 saturated carbocycles. The highest BCUT2D eigenvalue weighted by Gasteiger charge is 2.13. The number of carbonyl (C=O) groups is 1. The predicted octanol–water partition coefficient (Wildman–Crippen LogP) is 3.35. The number of amides is 1. The Bertz CT molecular complexity index is 493. The molecule has 0 aromatic heterocycles. The van der Waals surface area contributed by atoms with E-state index < -0.39 is 0 Å². The van der Waals surface area contributed by atoms with Crippen LogP contribution in [0.5, 0.6) is 0 Å². The molecule has 1 amide bonds. The second-order valence-electron chi connectivity index (χ2n) is 4.13. The number of benzene rings is 1. The molecule has 1 heterocycles. The third-order valence-electron chi connectivity index (χ3n) is 2.61. The van der Waals surface area contributed by atoms with Crippen molar-refractivity contribution in [3.8, 4) is 0 Å². The zero-order chi connectivity index (χ0) is 13.7. The SMILES string of the molecule is C[C@H](NC(=O)CSC1=NCCS1)c1cccc(Cl)c1. The first-order valence-electron chi connectivity index (χ1n) is 6.00. The number of nitrogens with zero attached hydrogens (tertiary/aromatic N) is 1. The van der Waals surface area contributed by atoms with Crippen molar-refractivity contribution < 1.29 is 4.79 Å². The molecular formula is C13H15ClN2OS2. The summed E-state index contributed by atoms with van der Waals surface area (Å²) < 4.78 is 1.02. The fourth-order valence-electron chi connectivity index (χ4n) is 1.67. The number of halogens is 1. The van der Waals surface area contributed by atoms with E-state index in [1.807, 2.05) is 31.2 Å².